The van der Waals surface area contributed by atoms with E-state index in [1.54, 1.807) is 0 Å². The lowest BCUT2D eigenvalue weighted by Crippen LogP contribution is -2.34. The van der Waals surface area contributed by atoms with Crippen molar-refractivity contribution >= 4 is 11.6 Å². The minimum absolute atomic E-state index is 0.137. The first kappa shape index (κ1) is 14.6. The van der Waals surface area contributed by atoms with Gasteiger partial charge in [0.15, 0.2) is 0 Å². The number of hydrogen-bond donors (Lipinski definition) is 1. The Bertz CT molecular complexity index is 403. The number of likely N-dealkylation sites (N-methyl/N-ethyl adjacent to an activating group) is 1. The first-order valence-corrected chi connectivity index (χ1v) is 6.56. The summed E-state index contributed by atoms with van der Waals surface area (Å²) in [5, 5.41) is 0. The molecule has 0 spiro atoms. The normalized spacial score (nSPS) is 14.0. The van der Waals surface area contributed by atoms with Gasteiger partial charge in [-0.25, -0.2) is 0 Å². The van der Waals surface area contributed by atoms with E-state index < -0.39 is 0 Å². The van der Waals surface area contributed by atoms with E-state index in [1.165, 1.54) is 0 Å². The topological polar surface area (TPSA) is 46.3 Å². The van der Waals surface area contributed by atoms with Crippen molar-refractivity contribution in [1.82, 2.24) is 4.90 Å². The van der Waals surface area contributed by atoms with E-state index >= 15 is 0 Å². The molecule has 3 nitrogen and oxygen atoms in total. The number of amides is 1. The maximum atomic E-state index is 12.3. The molecule has 0 aromatic heterocycles. The van der Waals surface area contributed by atoms with Crippen LogP contribution in [-0.2, 0) is 4.79 Å². The largest absolute Gasteiger partial charge is 0.399 e. The third kappa shape index (κ3) is 3.76. The van der Waals surface area contributed by atoms with Crippen molar-refractivity contribution in [3.63, 3.8) is 0 Å². The van der Waals surface area contributed by atoms with E-state index in [9.17, 15) is 4.79 Å². The summed E-state index contributed by atoms with van der Waals surface area (Å²) in [6.45, 7) is 7.05. The maximum Gasteiger partial charge on any atom is 0.229 e. The van der Waals surface area contributed by atoms with Gasteiger partial charge in [-0.3, -0.25) is 4.79 Å². The number of carbonyl (C=O) groups excluding carboxylic acids is 1. The molecule has 0 radical (unpaired) electrons. The number of nitrogens with zero attached hydrogens (tertiary/aromatic N) is 1. The highest BCUT2D eigenvalue weighted by molar-refractivity contribution is 5.83. The number of rotatable bonds is 5. The van der Waals surface area contributed by atoms with Crippen LogP contribution < -0.4 is 5.73 Å². The van der Waals surface area contributed by atoms with Gasteiger partial charge in [0.25, 0.3) is 0 Å². The van der Waals surface area contributed by atoms with Gasteiger partial charge < -0.3 is 10.6 Å². The first-order valence-electron chi connectivity index (χ1n) is 6.56. The average Bonchev–Trinajstić information content (AvgIpc) is 2.36. The summed E-state index contributed by atoms with van der Waals surface area (Å²) >= 11 is 0. The molecule has 0 fully saturated rings. The van der Waals surface area contributed by atoms with Crippen LogP contribution in [0.5, 0.6) is 0 Å². The highest BCUT2D eigenvalue weighted by Gasteiger charge is 2.20. The van der Waals surface area contributed by atoms with Crippen LogP contribution in [0.25, 0.3) is 0 Å². The Morgan fingerprint density at radius 2 is 2.06 bits per heavy atom. The molecule has 0 saturated carbocycles. The molecule has 0 aliphatic carbocycles. The highest BCUT2D eigenvalue weighted by Crippen LogP contribution is 2.20. The summed E-state index contributed by atoms with van der Waals surface area (Å²) in [5.41, 5.74) is 7.44. The summed E-state index contributed by atoms with van der Waals surface area (Å²) in [6.07, 6.45) is 1.09. The second kappa shape index (κ2) is 6.43. The molecule has 0 saturated heterocycles. The maximum absolute atomic E-state index is 12.3. The van der Waals surface area contributed by atoms with E-state index in [1.807, 2.05) is 43.1 Å². The predicted octanol–water partition coefficient (Wildman–Crippen LogP) is 2.88. The van der Waals surface area contributed by atoms with Crippen LogP contribution in [0.4, 0.5) is 5.69 Å². The monoisotopic (exact) mass is 248 g/mol. The Morgan fingerprint density at radius 3 is 2.61 bits per heavy atom. The van der Waals surface area contributed by atoms with Crippen molar-refractivity contribution in [1.29, 1.82) is 0 Å². The minimum atomic E-state index is -0.137. The van der Waals surface area contributed by atoms with Crippen LogP contribution in [0, 0.1) is 5.92 Å². The third-order valence-corrected chi connectivity index (χ3v) is 3.44. The average molecular weight is 248 g/mol. The number of hydrogen-bond acceptors (Lipinski definition) is 2. The van der Waals surface area contributed by atoms with E-state index in [-0.39, 0.29) is 11.8 Å². The summed E-state index contributed by atoms with van der Waals surface area (Å²) in [7, 11) is 1.87. The fourth-order valence-corrected chi connectivity index (χ4v) is 1.99. The van der Waals surface area contributed by atoms with Crippen LogP contribution in [-0.4, -0.2) is 24.4 Å². The molecule has 2 atom stereocenters. The van der Waals surface area contributed by atoms with Crippen LogP contribution in [0.3, 0.4) is 0 Å². The SMILES string of the molecule is CCC(C)CN(C)C(=O)C(C)c1cccc(N)c1. The predicted molar refractivity (Wildman–Crippen MR) is 76.4 cm³/mol. The van der Waals surface area contributed by atoms with E-state index in [0.717, 1.165) is 18.5 Å². The molecule has 0 heterocycles. The molecule has 2 N–H and O–H groups in total. The molecule has 0 bridgehead atoms. The van der Waals surface area contributed by atoms with Gasteiger partial charge in [-0.05, 0) is 30.5 Å². The molecule has 1 rings (SSSR count). The van der Waals surface area contributed by atoms with Crippen LogP contribution in [0.15, 0.2) is 24.3 Å². The van der Waals surface area contributed by atoms with E-state index in [2.05, 4.69) is 13.8 Å². The number of benzene rings is 1. The van der Waals surface area contributed by atoms with Crippen LogP contribution in [0.2, 0.25) is 0 Å². The lowest BCUT2D eigenvalue weighted by Gasteiger charge is -2.24. The van der Waals surface area contributed by atoms with Gasteiger partial charge in [0.1, 0.15) is 0 Å². The van der Waals surface area contributed by atoms with Crippen molar-refractivity contribution in [2.24, 2.45) is 5.92 Å². The van der Waals surface area contributed by atoms with Gasteiger partial charge in [0.2, 0.25) is 5.91 Å². The summed E-state index contributed by atoms with van der Waals surface area (Å²) in [6, 6.07) is 7.56. The van der Waals surface area contributed by atoms with Gasteiger partial charge in [0.05, 0.1) is 5.92 Å². The second-order valence-corrected chi connectivity index (χ2v) is 5.12. The fourth-order valence-electron chi connectivity index (χ4n) is 1.99. The molecule has 3 heteroatoms. The third-order valence-electron chi connectivity index (χ3n) is 3.44. The molecular formula is C15H24N2O. The second-order valence-electron chi connectivity index (χ2n) is 5.12. The molecule has 18 heavy (non-hydrogen) atoms. The molecule has 0 aliphatic rings. The van der Waals surface area contributed by atoms with Crippen molar-refractivity contribution < 1.29 is 4.79 Å². The summed E-state index contributed by atoms with van der Waals surface area (Å²) < 4.78 is 0. The smallest absolute Gasteiger partial charge is 0.229 e. The zero-order chi connectivity index (χ0) is 13.7. The van der Waals surface area contributed by atoms with Gasteiger partial charge in [-0.2, -0.15) is 0 Å². The Morgan fingerprint density at radius 1 is 1.39 bits per heavy atom. The molecule has 2 unspecified atom stereocenters. The van der Waals surface area contributed by atoms with Gasteiger partial charge in [-0.15, -0.1) is 0 Å². The van der Waals surface area contributed by atoms with Crippen molar-refractivity contribution in [3.8, 4) is 0 Å². The Balaban J connectivity index is 2.71. The summed E-state index contributed by atoms with van der Waals surface area (Å²) in [5.74, 6) is 0.551. The molecule has 1 aromatic rings. The van der Waals surface area contributed by atoms with E-state index in [0.29, 0.717) is 11.6 Å². The van der Waals surface area contributed by atoms with Crippen molar-refractivity contribution in [2.75, 3.05) is 19.3 Å². The molecule has 1 amide bonds. The number of nitrogen functional groups attached to an aromatic ring is 1. The lowest BCUT2D eigenvalue weighted by molar-refractivity contribution is -0.131. The highest BCUT2D eigenvalue weighted by atomic mass is 16.2. The Kier molecular flexibility index (Phi) is 5.20. The molecule has 100 valence electrons. The lowest BCUT2D eigenvalue weighted by atomic mass is 9.98. The van der Waals surface area contributed by atoms with Gasteiger partial charge in [-0.1, -0.05) is 32.4 Å². The fraction of sp³-hybridized carbons (Fsp3) is 0.533. The molecule has 1 aromatic carbocycles. The quantitative estimate of drug-likeness (QED) is 0.814. The van der Waals surface area contributed by atoms with Crippen molar-refractivity contribution in [2.45, 2.75) is 33.1 Å². The van der Waals surface area contributed by atoms with Crippen LogP contribution >= 0.6 is 0 Å². The molecule has 0 aliphatic heterocycles. The first-order chi connectivity index (χ1) is 8.45. The summed E-state index contributed by atoms with van der Waals surface area (Å²) in [4.78, 5) is 14.1. The Labute approximate surface area is 110 Å². The zero-order valence-corrected chi connectivity index (χ0v) is 11.8. The van der Waals surface area contributed by atoms with E-state index in [4.69, 9.17) is 5.73 Å². The standard InChI is InChI=1S/C15H24N2O/c1-5-11(2)10-17(4)15(18)12(3)13-7-6-8-14(16)9-13/h6-9,11-12H,5,10,16H2,1-4H3. The van der Waals surface area contributed by atoms with Gasteiger partial charge >= 0.3 is 0 Å². The number of nitrogens with two attached hydrogens (primary N) is 1. The minimum Gasteiger partial charge on any atom is -0.399 e. The number of anilines is 1. The van der Waals surface area contributed by atoms with Crippen molar-refractivity contribution in [3.05, 3.63) is 29.8 Å². The zero-order valence-electron chi connectivity index (χ0n) is 11.8. The number of carbonyl (C=O) groups is 1. The van der Waals surface area contributed by atoms with Crippen LogP contribution in [0.1, 0.15) is 38.7 Å². The van der Waals surface area contributed by atoms with Gasteiger partial charge in [0, 0.05) is 19.3 Å². The molecular weight excluding hydrogens is 224 g/mol. The Hall–Kier alpha value is -1.51.